The molecule has 2 aliphatic rings. The van der Waals surface area contributed by atoms with E-state index in [2.05, 4.69) is 0 Å². The van der Waals surface area contributed by atoms with E-state index in [1.54, 1.807) is 6.07 Å². The number of benzene rings is 1. The lowest BCUT2D eigenvalue weighted by Crippen LogP contribution is -2.38. The molecule has 1 aliphatic heterocycles. The molecule has 2 N–H and O–H groups in total. The molecule has 116 valence electrons. The van der Waals surface area contributed by atoms with Crippen LogP contribution in [0.5, 0.6) is 0 Å². The molecule has 0 aromatic heterocycles. The van der Waals surface area contributed by atoms with Crippen LogP contribution in [0, 0.1) is 18.8 Å². The summed E-state index contributed by atoms with van der Waals surface area (Å²) in [6, 6.07) is 5.81. The Labute approximate surface area is 137 Å². The average Bonchev–Trinajstić information content (AvgIpc) is 2.82. The zero-order valence-corrected chi connectivity index (χ0v) is 13.8. The number of nitrogens with zero attached hydrogens (tertiary/aromatic N) is 1. The maximum atomic E-state index is 12.6. The van der Waals surface area contributed by atoms with Crippen molar-refractivity contribution in [1.82, 2.24) is 4.90 Å². The van der Waals surface area contributed by atoms with Gasteiger partial charge in [0.1, 0.15) is 0 Å². The van der Waals surface area contributed by atoms with E-state index >= 15 is 0 Å². The van der Waals surface area contributed by atoms with Crippen LogP contribution in [0.15, 0.2) is 18.2 Å². The lowest BCUT2D eigenvalue weighted by molar-refractivity contribution is 0.0783. The third-order valence-corrected chi connectivity index (χ3v) is 4.95. The Bertz CT molecular complexity index is 515. The van der Waals surface area contributed by atoms with Crippen molar-refractivity contribution in [1.29, 1.82) is 0 Å². The van der Waals surface area contributed by atoms with Crippen LogP contribution < -0.4 is 5.73 Å². The highest BCUT2D eigenvalue weighted by atomic mass is 35.5. The summed E-state index contributed by atoms with van der Waals surface area (Å²) in [6.45, 7) is 3.61. The normalized spacial score (nSPS) is 28.0. The zero-order chi connectivity index (χ0) is 14.3. The first-order valence-corrected chi connectivity index (χ1v) is 7.74. The number of fused-ring (bicyclic) bond motifs is 1. The van der Waals surface area contributed by atoms with Crippen molar-refractivity contribution in [3.05, 3.63) is 34.3 Å². The van der Waals surface area contributed by atoms with Gasteiger partial charge in [0.2, 0.25) is 0 Å². The Morgan fingerprint density at radius 1 is 1.29 bits per heavy atom. The maximum absolute atomic E-state index is 12.6. The van der Waals surface area contributed by atoms with Crippen LogP contribution >= 0.6 is 24.0 Å². The Kier molecular flexibility index (Phi) is 5.18. The molecule has 3 rings (SSSR count). The van der Waals surface area contributed by atoms with Gasteiger partial charge in [-0.1, -0.05) is 18.0 Å². The van der Waals surface area contributed by atoms with Gasteiger partial charge in [-0.05, 0) is 55.4 Å². The Balaban J connectivity index is 0.00000161. The second kappa shape index (κ2) is 6.55. The highest BCUT2D eigenvalue weighted by molar-refractivity contribution is 6.31. The van der Waals surface area contributed by atoms with E-state index < -0.39 is 0 Å². The van der Waals surface area contributed by atoms with Gasteiger partial charge in [-0.15, -0.1) is 12.4 Å². The zero-order valence-electron chi connectivity index (χ0n) is 12.2. The summed E-state index contributed by atoms with van der Waals surface area (Å²) in [5, 5.41) is 0.627. The summed E-state index contributed by atoms with van der Waals surface area (Å²) in [5.74, 6) is 1.16. The van der Waals surface area contributed by atoms with Gasteiger partial charge in [0.15, 0.2) is 0 Å². The lowest BCUT2D eigenvalue weighted by atomic mass is 9.78. The largest absolute Gasteiger partial charge is 0.338 e. The van der Waals surface area contributed by atoms with Crippen molar-refractivity contribution in [3.63, 3.8) is 0 Å². The Morgan fingerprint density at radius 2 is 2.05 bits per heavy atom. The van der Waals surface area contributed by atoms with Gasteiger partial charge in [0.05, 0.1) is 0 Å². The SMILES string of the molecule is Cc1cc(Cl)cc(C(=O)N2CC3CCCC(N)C3C2)c1.Cl. The molecule has 0 bridgehead atoms. The second-order valence-corrected chi connectivity index (χ2v) is 6.68. The van der Waals surface area contributed by atoms with Crippen LogP contribution in [0.2, 0.25) is 5.02 Å². The fourth-order valence-corrected chi connectivity index (χ4v) is 4.01. The van der Waals surface area contributed by atoms with Gasteiger partial charge in [0.25, 0.3) is 5.91 Å². The molecule has 1 aromatic carbocycles. The standard InChI is InChI=1S/C16H21ClN2O.ClH/c1-10-5-12(7-13(17)6-10)16(20)19-8-11-3-2-4-15(18)14(11)9-19;/h5-7,11,14-15H,2-4,8-9,18H2,1H3;1H. The number of aryl methyl sites for hydroxylation is 1. The van der Waals surface area contributed by atoms with Crippen LogP contribution in [-0.4, -0.2) is 29.9 Å². The van der Waals surface area contributed by atoms with Gasteiger partial charge in [-0.25, -0.2) is 0 Å². The Hall–Kier alpha value is -0.770. The molecule has 3 atom stereocenters. The molecule has 3 nitrogen and oxygen atoms in total. The number of hydrogen-bond acceptors (Lipinski definition) is 2. The van der Waals surface area contributed by atoms with Crippen LogP contribution in [-0.2, 0) is 0 Å². The first-order valence-electron chi connectivity index (χ1n) is 7.36. The maximum Gasteiger partial charge on any atom is 0.253 e. The quantitative estimate of drug-likeness (QED) is 0.859. The molecule has 5 heteroatoms. The van der Waals surface area contributed by atoms with Gasteiger partial charge in [-0.2, -0.15) is 0 Å². The van der Waals surface area contributed by atoms with Crippen LogP contribution in [0.4, 0.5) is 0 Å². The van der Waals surface area contributed by atoms with Gasteiger partial charge in [0, 0.05) is 29.7 Å². The van der Waals surface area contributed by atoms with E-state index in [1.807, 2.05) is 24.0 Å². The van der Waals surface area contributed by atoms with Crippen molar-refractivity contribution >= 4 is 29.9 Å². The number of carbonyl (C=O) groups excluding carboxylic acids is 1. The third kappa shape index (κ3) is 3.36. The first kappa shape index (κ1) is 16.6. The molecule has 1 saturated heterocycles. The van der Waals surface area contributed by atoms with E-state index in [1.165, 1.54) is 12.8 Å². The molecule has 0 radical (unpaired) electrons. The molecule has 21 heavy (non-hydrogen) atoms. The topological polar surface area (TPSA) is 46.3 Å². The van der Waals surface area contributed by atoms with E-state index in [-0.39, 0.29) is 24.4 Å². The van der Waals surface area contributed by atoms with Gasteiger partial charge in [-0.3, -0.25) is 4.79 Å². The molecule has 1 heterocycles. The van der Waals surface area contributed by atoms with Gasteiger partial charge >= 0.3 is 0 Å². The molecular formula is C16H22Cl2N2O. The summed E-state index contributed by atoms with van der Waals surface area (Å²) >= 11 is 6.06. The van der Waals surface area contributed by atoms with Crippen molar-refractivity contribution in [2.45, 2.75) is 32.2 Å². The number of amides is 1. The molecule has 2 fully saturated rings. The summed E-state index contributed by atoms with van der Waals surface area (Å²) in [4.78, 5) is 14.6. The predicted molar refractivity (Wildman–Crippen MR) is 88.1 cm³/mol. The second-order valence-electron chi connectivity index (χ2n) is 6.25. The predicted octanol–water partition coefficient (Wildman–Crippen LogP) is 3.27. The monoisotopic (exact) mass is 328 g/mol. The minimum absolute atomic E-state index is 0. The highest BCUT2D eigenvalue weighted by Gasteiger charge is 2.40. The number of hydrogen-bond donors (Lipinski definition) is 1. The molecule has 1 aliphatic carbocycles. The number of halogens is 2. The highest BCUT2D eigenvalue weighted by Crippen LogP contribution is 2.36. The van der Waals surface area contributed by atoms with Crippen LogP contribution in [0.1, 0.15) is 35.2 Å². The van der Waals surface area contributed by atoms with Crippen molar-refractivity contribution in [2.75, 3.05) is 13.1 Å². The minimum atomic E-state index is 0. The van der Waals surface area contributed by atoms with Gasteiger partial charge < -0.3 is 10.6 Å². The van der Waals surface area contributed by atoms with Crippen molar-refractivity contribution in [3.8, 4) is 0 Å². The first-order chi connectivity index (χ1) is 9.54. The van der Waals surface area contributed by atoms with Crippen LogP contribution in [0.3, 0.4) is 0 Å². The average molecular weight is 329 g/mol. The summed E-state index contributed by atoms with van der Waals surface area (Å²) in [5.41, 5.74) is 7.93. The molecular weight excluding hydrogens is 307 g/mol. The van der Waals surface area contributed by atoms with E-state index in [0.29, 0.717) is 22.4 Å². The Morgan fingerprint density at radius 3 is 2.71 bits per heavy atom. The number of likely N-dealkylation sites (tertiary alicyclic amines) is 1. The van der Waals surface area contributed by atoms with Crippen molar-refractivity contribution < 1.29 is 4.79 Å². The number of rotatable bonds is 1. The number of nitrogens with two attached hydrogens (primary N) is 1. The van der Waals surface area contributed by atoms with Crippen molar-refractivity contribution in [2.24, 2.45) is 17.6 Å². The fourth-order valence-electron chi connectivity index (χ4n) is 3.72. The van der Waals surface area contributed by atoms with Crippen LogP contribution in [0.25, 0.3) is 0 Å². The third-order valence-electron chi connectivity index (χ3n) is 4.73. The lowest BCUT2D eigenvalue weighted by Gasteiger charge is -2.29. The smallest absolute Gasteiger partial charge is 0.253 e. The molecule has 0 spiro atoms. The molecule has 1 aromatic rings. The number of carbonyl (C=O) groups is 1. The summed E-state index contributed by atoms with van der Waals surface area (Å²) in [6.07, 6.45) is 3.50. The minimum Gasteiger partial charge on any atom is -0.338 e. The summed E-state index contributed by atoms with van der Waals surface area (Å²) in [7, 11) is 0. The molecule has 3 unspecified atom stereocenters. The van der Waals surface area contributed by atoms with E-state index in [4.69, 9.17) is 17.3 Å². The summed E-state index contributed by atoms with van der Waals surface area (Å²) < 4.78 is 0. The molecule has 1 amide bonds. The fraction of sp³-hybridized carbons (Fsp3) is 0.562. The molecule has 1 saturated carbocycles. The van der Waals surface area contributed by atoms with E-state index in [9.17, 15) is 4.79 Å². The van der Waals surface area contributed by atoms with E-state index in [0.717, 1.165) is 25.1 Å².